The van der Waals surface area contributed by atoms with Gasteiger partial charge in [-0.1, -0.05) is 18.2 Å². The molecule has 5 nitrogen and oxygen atoms in total. The number of hydrogen-bond donors (Lipinski definition) is 0. The minimum atomic E-state index is -0.572. The summed E-state index contributed by atoms with van der Waals surface area (Å²) >= 11 is 0. The third kappa shape index (κ3) is 5.15. The number of benzene rings is 2. The van der Waals surface area contributed by atoms with Crippen LogP contribution in [0.4, 0.5) is 8.78 Å². The van der Waals surface area contributed by atoms with Gasteiger partial charge in [0.25, 0.3) is 0 Å². The zero-order valence-corrected chi connectivity index (χ0v) is 16.9. The smallest absolute Gasteiger partial charge is 0.223 e. The van der Waals surface area contributed by atoms with Crippen molar-refractivity contribution < 1.29 is 23.0 Å². The average molecular weight is 416 g/mol. The number of amides is 1. The molecule has 0 radical (unpaired) electrons. The molecular weight excluding hydrogens is 390 g/mol. The summed E-state index contributed by atoms with van der Waals surface area (Å²) in [4.78, 5) is 16.3. The van der Waals surface area contributed by atoms with E-state index in [9.17, 15) is 13.6 Å². The Morgan fingerprint density at radius 1 is 1.00 bits per heavy atom. The standard InChI is InChI=1S/C23H26F2N2O3/c24-20-4-3-18(21(25)14-20)15-26-7-12-30-22-5-1-17(13-19(22)16-26)2-6-23(28)27-8-10-29-11-9-27/h1,3-5,13-14H,2,6-12,15-16H2. The zero-order valence-electron chi connectivity index (χ0n) is 16.9. The monoisotopic (exact) mass is 416 g/mol. The van der Waals surface area contributed by atoms with Crippen LogP contribution in [0.3, 0.4) is 0 Å². The summed E-state index contributed by atoms with van der Waals surface area (Å²) in [5.74, 6) is -0.133. The quantitative estimate of drug-likeness (QED) is 0.751. The number of morpholine rings is 1. The normalized spacial score (nSPS) is 17.2. The minimum absolute atomic E-state index is 0.151. The molecule has 1 amide bonds. The Kier molecular flexibility index (Phi) is 6.59. The number of carbonyl (C=O) groups is 1. The highest BCUT2D eigenvalue weighted by atomic mass is 19.1. The molecule has 0 saturated carbocycles. The lowest BCUT2D eigenvalue weighted by atomic mass is 10.0. The number of hydrogen-bond acceptors (Lipinski definition) is 4. The van der Waals surface area contributed by atoms with Crippen molar-refractivity contribution in [2.45, 2.75) is 25.9 Å². The van der Waals surface area contributed by atoms with Crippen LogP contribution in [0.25, 0.3) is 0 Å². The summed E-state index contributed by atoms with van der Waals surface area (Å²) in [5, 5.41) is 0. The first-order valence-corrected chi connectivity index (χ1v) is 10.3. The van der Waals surface area contributed by atoms with Crippen LogP contribution in [0.2, 0.25) is 0 Å². The second kappa shape index (κ2) is 9.53. The van der Waals surface area contributed by atoms with E-state index in [0.29, 0.717) is 70.9 Å². The van der Waals surface area contributed by atoms with Crippen LogP contribution >= 0.6 is 0 Å². The lowest BCUT2D eigenvalue weighted by molar-refractivity contribution is -0.135. The van der Waals surface area contributed by atoms with E-state index in [-0.39, 0.29) is 5.91 Å². The highest BCUT2D eigenvalue weighted by Crippen LogP contribution is 2.26. The van der Waals surface area contributed by atoms with Gasteiger partial charge in [0.1, 0.15) is 24.0 Å². The molecule has 2 aliphatic heterocycles. The van der Waals surface area contributed by atoms with E-state index in [4.69, 9.17) is 9.47 Å². The summed E-state index contributed by atoms with van der Waals surface area (Å²) in [6, 6.07) is 9.71. The van der Waals surface area contributed by atoms with Gasteiger partial charge in [-0.3, -0.25) is 9.69 Å². The first kappa shape index (κ1) is 20.8. The number of halogens is 2. The molecule has 0 aromatic heterocycles. The molecule has 30 heavy (non-hydrogen) atoms. The number of aryl methyl sites for hydroxylation is 1. The Balaban J connectivity index is 1.40. The molecule has 1 fully saturated rings. The van der Waals surface area contributed by atoms with E-state index in [2.05, 4.69) is 11.0 Å². The van der Waals surface area contributed by atoms with Crippen LogP contribution in [-0.4, -0.2) is 55.2 Å². The van der Waals surface area contributed by atoms with Gasteiger partial charge in [0.15, 0.2) is 0 Å². The molecule has 0 N–H and O–H groups in total. The van der Waals surface area contributed by atoms with Crippen molar-refractivity contribution in [3.8, 4) is 5.75 Å². The first-order chi connectivity index (χ1) is 14.6. The molecule has 4 rings (SSSR count). The fourth-order valence-electron chi connectivity index (χ4n) is 3.91. The lowest BCUT2D eigenvalue weighted by Crippen LogP contribution is -2.40. The Morgan fingerprint density at radius 3 is 2.63 bits per heavy atom. The molecule has 0 bridgehead atoms. The third-order valence-electron chi connectivity index (χ3n) is 5.58. The third-order valence-corrected chi connectivity index (χ3v) is 5.58. The molecule has 0 aliphatic carbocycles. The molecule has 0 unspecified atom stereocenters. The van der Waals surface area contributed by atoms with Gasteiger partial charge < -0.3 is 14.4 Å². The van der Waals surface area contributed by atoms with Crippen molar-refractivity contribution in [2.24, 2.45) is 0 Å². The Bertz CT molecular complexity index is 900. The molecular formula is C23H26F2N2O3. The van der Waals surface area contributed by atoms with Crippen LogP contribution < -0.4 is 4.74 Å². The summed E-state index contributed by atoms with van der Waals surface area (Å²) in [7, 11) is 0. The predicted molar refractivity (Wildman–Crippen MR) is 108 cm³/mol. The number of ether oxygens (including phenoxy) is 2. The molecule has 2 aromatic rings. The average Bonchev–Trinajstić information content (AvgIpc) is 2.96. The summed E-state index contributed by atoms with van der Waals surface area (Å²) in [6.45, 7) is 4.67. The lowest BCUT2D eigenvalue weighted by Gasteiger charge is -2.26. The fraction of sp³-hybridized carbons (Fsp3) is 0.435. The molecule has 1 saturated heterocycles. The topological polar surface area (TPSA) is 42.0 Å². The van der Waals surface area contributed by atoms with Gasteiger partial charge in [-0.05, 0) is 24.1 Å². The molecule has 160 valence electrons. The highest BCUT2D eigenvalue weighted by molar-refractivity contribution is 5.76. The number of rotatable bonds is 5. The Hall–Kier alpha value is -2.51. The number of nitrogens with zero attached hydrogens (tertiary/aromatic N) is 2. The van der Waals surface area contributed by atoms with Crippen molar-refractivity contribution in [3.05, 3.63) is 64.7 Å². The number of carbonyl (C=O) groups excluding carboxylic acids is 1. The van der Waals surface area contributed by atoms with Crippen LogP contribution in [0, 0.1) is 11.6 Å². The van der Waals surface area contributed by atoms with Crippen molar-refractivity contribution in [3.63, 3.8) is 0 Å². The van der Waals surface area contributed by atoms with Gasteiger partial charge in [-0.15, -0.1) is 0 Å². The van der Waals surface area contributed by atoms with Gasteiger partial charge in [-0.25, -0.2) is 8.78 Å². The van der Waals surface area contributed by atoms with Crippen LogP contribution in [-0.2, 0) is 29.0 Å². The first-order valence-electron chi connectivity index (χ1n) is 10.3. The second-order valence-corrected chi connectivity index (χ2v) is 7.73. The highest BCUT2D eigenvalue weighted by Gasteiger charge is 2.19. The van der Waals surface area contributed by atoms with E-state index in [1.165, 1.54) is 12.1 Å². The van der Waals surface area contributed by atoms with E-state index in [0.717, 1.165) is 22.9 Å². The van der Waals surface area contributed by atoms with Gasteiger partial charge in [-0.2, -0.15) is 0 Å². The summed E-state index contributed by atoms with van der Waals surface area (Å²) in [6.07, 6.45) is 1.13. The molecule has 7 heteroatoms. The van der Waals surface area contributed by atoms with Gasteiger partial charge in [0, 0.05) is 56.3 Å². The van der Waals surface area contributed by atoms with Gasteiger partial charge in [0.05, 0.1) is 13.2 Å². The maximum Gasteiger partial charge on any atom is 0.223 e. The van der Waals surface area contributed by atoms with Crippen LogP contribution in [0.1, 0.15) is 23.1 Å². The van der Waals surface area contributed by atoms with E-state index < -0.39 is 11.6 Å². The zero-order chi connectivity index (χ0) is 20.9. The van der Waals surface area contributed by atoms with Gasteiger partial charge in [0.2, 0.25) is 5.91 Å². The van der Waals surface area contributed by atoms with E-state index in [1.54, 1.807) is 0 Å². The predicted octanol–water partition coefficient (Wildman–Crippen LogP) is 3.15. The van der Waals surface area contributed by atoms with Crippen LogP contribution in [0.15, 0.2) is 36.4 Å². The van der Waals surface area contributed by atoms with Crippen molar-refractivity contribution >= 4 is 5.91 Å². The SMILES string of the molecule is O=C(CCc1ccc2c(c1)CN(Cc1ccc(F)cc1F)CCO2)N1CCOCC1. The Morgan fingerprint density at radius 2 is 1.83 bits per heavy atom. The number of fused-ring (bicyclic) bond motifs is 1. The minimum Gasteiger partial charge on any atom is -0.492 e. The molecule has 2 aliphatic rings. The van der Waals surface area contributed by atoms with E-state index >= 15 is 0 Å². The molecule has 0 atom stereocenters. The van der Waals surface area contributed by atoms with Gasteiger partial charge >= 0.3 is 0 Å². The van der Waals surface area contributed by atoms with Crippen molar-refractivity contribution in [1.29, 1.82) is 0 Å². The van der Waals surface area contributed by atoms with E-state index in [1.807, 2.05) is 17.0 Å². The summed E-state index contributed by atoms with van der Waals surface area (Å²) < 4.78 is 38.4. The second-order valence-electron chi connectivity index (χ2n) is 7.73. The van der Waals surface area contributed by atoms with Crippen molar-refractivity contribution in [2.75, 3.05) is 39.5 Å². The van der Waals surface area contributed by atoms with Crippen molar-refractivity contribution in [1.82, 2.24) is 9.80 Å². The summed E-state index contributed by atoms with van der Waals surface area (Å²) in [5.41, 5.74) is 2.56. The molecule has 0 spiro atoms. The maximum atomic E-state index is 14.1. The molecule has 2 aromatic carbocycles. The maximum absolute atomic E-state index is 14.1. The Labute approximate surface area is 175 Å². The van der Waals surface area contributed by atoms with Crippen LogP contribution in [0.5, 0.6) is 5.75 Å². The largest absolute Gasteiger partial charge is 0.492 e. The molecule has 2 heterocycles. The fourth-order valence-corrected chi connectivity index (χ4v) is 3.91.